The van der Waals surface area contributed by atoms with Gasteiger partial charge < -0.3 is 4.74 Å². The number of rotatable bonds is 5. The highest BCUT2D eigenvalue weighted by Crippen LogP contribution is 2.30. The minimum Gasteiger partial charge on any atom is -0.467 e. The van der Waals surface area contributed by atoms with E-state index in [0.29, 0.717) is 0 Å². The standard InChI is InChI=1S/C16H22O5S/c1-12-8-10-14(11-9-12)22(18,19)21-15(16(17)20-2)13-6-4-3-5-7-13/h8-11,13,15H,3-7H2,1-2H3/t15-/m0/s1. The number of carbonyl (C=O) groups is 1. The van der Waals surface area contributed by atoms with Crippen molar-refractivity contribution in [3.8, 4) is 0 Å². The Kier molecular flexibility index (Phi) is 5.58. The molecular weight excluding hydrogens is 304 g/mol. The Morgan fingerprint density at radius 3 is 2.27 bits per heavy atom. The highest BCUT2D eigenvalue weighted by molar-refractivity contribution is 7.86. The van der Waals surface area contributed by atoms with E-state index in [9.17, 15) is 13.2 Å². The van der Waals surface area contributed by atoms with Crippen LogP contribution in [0.25, 0.3) is 0 Å². The quantitative estimate of drug-likeness (QED) is 0.615. The van der Waals surface area contributed by atoms with E-state index in [1.165, 1.54) is 19.2 Å². The third-order valence-corrected chi connectivity index (χ3v) is 5.36. The summed E-state index contributed by atoms with van der Waals surface area (Å²) < 4.78 is 34.8. The van der Waals surface area contributed by atoms with Crippen LogP contribution in [0, 0.1) is 12.8 Å². The Labute approximate surface area is 131 Å². The summed E-state index contributed by atoms with van der Waals surface area (Å²) in [6.45, 7) is 1.87. The van der Waals surface area contributed by atoms with Gasteiger partial charge in [-0.05, 0) is 37.8 Å². The normalized spacial score (nSPS) is 17.9. The van der Waals surface area contributed by atoms with E-state index < -0.39 is 22.2 Å². The third kappa shape index (κ3) is 4.08. The van der Waals surface area contributed by atoms with Crippen LogP contribution in [0.15, 0.2) is 29.2 Å². The minimum absolute atomic E-state index is 0.0582. The molecule has 1 aliphatic carbocycles. The maximum atomic E-state index is 12.4. The van der Waals surface area contributed by atoms with Gasteiger partial charge in [0.1, 0.15) is 0 Å². The largest absolute Gasteiger partial charge is 0.467 e. The SMILES string of the molecule is COC(=O)[C@@H](OS(=O)(=O)c1ccc(C)cc1)C1CCCCC1. The van der Waals surface area contributed by atoms with E-state index in [1.807, 2.05) is 6.92 Å². The van der Waals surface area contributed by atoms with Crippen molar-refractivity contribution in [2.45, 2.75) is 50.0 Å². The second-order valence-corrected chi connectivity index (χ2v) is 7.28. The molecule has 0 radical (unpaired) electrons. The molecule has 0 bridgehead atoms. The van der Waals surface area contributed by atoms with Crippen molar-refractivity contribution < 1.29 is 22.1 Å². The molecule has 0 unspecified atom stereocenters. The van der Waals surface area contributed by atoms with Crippen molar-refractivity contribution in [1.29, 1.82) is 0 Å². The van der Waals surface area contributed by atoms with Crippen LogP contribution in [0.2, 0.25) is 0 Å². The molecule has 1 atom stereocenters. The first kappa shape index (κ1) is 17.0. The lowest BCUT2D eigenvalue weighted by atomic mass is 9.85. The number of hydrogen-bond acceptors (Lipinski definition) is 5. The zero-order valence-corrected chi connectivity index (χ0v) is 13.8. The minimum atomic E-state index is -3.98. The molecule has 5 nitrogen and oxygen atoms in total. The van der Waals surface area contributed by atoms with Gasteiger partial charge in [-0.25, -0.2) is 4.79 Å². The fourth-order valence-corrected chi connectivity index (χ4v) is 3.85. The lowest BCUT2D eigenvalue weighted by Gasteiger charge is -2.27. The fraction of sp³-hybridized carbons (Fsp3) is 0.562. The summed E-state index contributed by atoms with van der Waals surface area (Å²) in [5, 5.41) is 0. The van der Waals surface area contributed by atoms with Crippen LogP contribution in [-0.2, 0) is 23.8 Å². The van der Waals surface area contributed by atoms with Crippen molar-refractivity contribution >= 4 is 16.1 Å². The number of esters is 1. The molecule has 1 aliphatic rings. The number of methoxy groups -OCH3 is 1. The van der Waals surface area contributed by atoms with Crippen LogP contribution in [0.5, 0.6) is 0 Å². The maximum absolute atomic E-state index is 12.4. The van der Waals surface area contributed by atoms with Crippen LogP contribution < -0.4 is 0 Å². The summed E-state index contributed by atoms with van der Waals surface area (Å²) in [6.07, 6.45) is 3.57. The topological polar surface area (TPSA) is 69.7 Å². The van der Waals surface area contributed by atoms with Gasteiger partial charge in [0, 0.05) is 0 Å². The van der Waals surface area contributed by atoms with E-state index in [2.05, 4.69) is 0 Å². The summed E-state index contributed by atoms with van der Waals surface area (Å²) in [6, 6.07) is 6.37. The molecule has 1 fully saturated rings. The van der Waals surface area contributed by atoms with Crippen molar-refractivity contribution in [3.63, 3.8) is 0 Å². The molecule has 0 saturated heterocycles. The van der Waals surface area contributed by atoms with E-state index in [0.717, 1.165) is 37.7 Å². The number of hydrogen-bond donors (Lipinski definition) is 0. The summed E-state index contributed by atoms with van der Waals surface area (Å²) in [4.78, 5) is 12.0. The number of aryl methyl sites for hydroxylation is 1. The highest BCUT2D eigenvalue weighted by Gasteiger charge is 2.35. The first-order valence-electron chi connectivity index (χ1n) is 7.52. The van der Waals surface area contributed by atoms with Gasteiger partial charge in [-0.1, -0.05) is 37.0 Å². The first-order chi connectivity index (χ1) is 10.4. The van der Waals surface area contributed by atoms with Gasteiger partial charge in [0.25, 0.3) is 10.1 Å². The third-order valence-electron chi connectivity index (χ3n) is 4.05. The Morgan fingerprint density at radius 1 is 1.14 bits per heavy atom. The predicted molar refractivity (Wildman–Crippen MR) is 81.8 cm³/mol. The van der Waals surface area contributed by atoms with Crippen molar-refractivity contribution in [3.05, 3.63) is 29.8 Å². The van der Waals surface area contributed by atoms with Gasteiger partial charge in [0.05, 0.1) is 12.0 Å². The first-order valence-corrected chi connectivity index (χ1v) is 8.92. The van der Waals surface area contributed by atoms with Gasteiger partial charge >= 0.3 is 5.97 Å². The molecule has 0 aromatic heterocycles. The summed E-state index contributed by atoms with van der Waals surface area (Å²) in [7, 11) is -2.73. The van der Waals surface area contributed by atoms with Gasteiger partial charge in [0.2, 0.25) is 0 Å². The fourth-order valence-electron chi connectivity index (χ4n) is 2.76. The second-order valence-electron chi connectivity index (χ2n) is 5.71. The van der Waals surface area contributed by atoms with Crippen molar-refractivity contribution in [2.24, 2.45) is 5.92 Å². The van der Waals surface area contributed by atoms with Crippen LogP contribution in [-0.4, -0.2) is 27.6 Å². The lowest BCUT2D eigenvalue weighted by Crippen LogP contribution is -2.36. The Balaban J connectivity index is 2.21. The molecule has 1 aromatic carbocycles. The summed E-state index contributed by atoms with van der Waals surface area (Å²) in [5.74, 6) is -0.732. The molecule has 1 saturated carbocycles. The smallest absolute Gasteiger partial charge is 0.336 e. The number of carbonyl (C=O) groups excluding carboxylic acids is 1. The van der Waals surface area contributed by atoms with Crippen LogP contribution in [0.3, 0.4) is 0 Å². The molecule has 122 valence electrons. The molecule has 0 aliphatic heterocycles. The summed E-state index contributed by atoms with van der Waals surface area (Å²) in [5.41, 5.74) is 0.954. The van der Waals surface area contributed by atoms with Gasteiger partial charge in [-0.3, -0.25) is 4.18 Å². The molecule has 0 N–H and O–H groups in total. The van der Waals surface area contributed by atoms with Crippen LogP contribution in [0.1, 0.15) is 37.7 Å². The molecule has 22 heavy (non-hydrogen) atoms. The second kappa shape index (κ2) is 7.24. The van der Waals surface area contributed by atoms with Crippen LogP contribution in [0.4, 0.5) is 0 Å². The van der Waals surface area contributed by atoms with Crippen LogP contribution >= 0.6 is 0 Å². The van der Waals surface area contributed by atoms with E-state index >= 15 is 0 Å². The Morgan fingerprint density at radius 2 is 1.73 bits per heavy atom. The molecule has 0 heterocycles. The monoisotopic (exact) mass is 326 g/mol. The van der Waals surface area contributed by atoms with Gasteiger partial charge in [-0.15, -0.1) is 0 Å². The Hall–Kier alpha value is -1.40. The van der Waals surface area contributed by atoms with Gasteiger partial charge in [0.15, 0.2) is 6.10 Å². The number of benzene rings is 1. The predicted octanol–water partition coefficient (Wildman–Crippen LogP) is 2.82. The zero-order valence-electron chi connectivity index (χ0n) is 12.9. The Bertz CT molecular complexity index is 600. The zero-order chi connectivity index (χ0) is 16.2. The molecule has 0 amide bonds. The highest BCUT2D eigenvalue weighted by atomic mass is 32.2. The molecular formula is C16H22O5S. The molecule has 0 spiro atoms. The van der Waals surface area contributed by atoms with Crippen molar-refractivity contribution in [2.75, 3.05) is 7.11 Å². The molecule has 2 rings (SSSR count). The number of ether oxygens (including phenoxy) is 1. The van der Waals surface area contributed by atoms with E-state index in [-0.39, 0.29) is 10.8 Å². The average molecular weight is 326 g/mol. The lowest BCUT2D eigenvalue weighted by molar-refractivity contribution is -0.152. The van der Waals surface area contributed by atoms with E-state index in [1.54, 1.807) is 12.1 Å². The van der Waals surface area contributed by atoms with Gasteiger partial charge in [-0.2, -0.15) is 8.42 Å². The van der Waals surface area contributed by atoms with E-state index in [4.69, 9.17) is 8.92 Å². The van der Waals surface area contributed by atoms with Crippen molar-refractivity contribution in [1.82, 2.24) is 0 Å². The molecule has 6 heteroatoms. The average Bonchev–Trinajstić information content (AvgIpc) is 2.53. The maximum Gasteiger partial charge on any atom is 0.336 e. The summed E-state index contributed by atoms with van der Waals surface area (Å²) >= 11 is 0. The molecule has 1 aromatic rings.